The monoisotopic (exact) mass is 439 g/mol. The van der Waals surface area contributed by atoms with Crippen molar-refractivity contribution in [2.75, 3.05) is 11.9 Å². The number of nitrogens with one attached hydrogen (secondary N) is 1. The smallest absolute Gasteiger partial charge is 0.428 e. The zero-order valence-corrected chi connectivity index (χ0v) is 14.1. The summed E-state index contributed by atoms with van der Waals surface area (Å²) in [6.07, 6.45) is -6.32. The highest BCUT2D eigenvalue weighted by Gasteiger charge is 2.96. The lowest BCUT2D eigenvalue weighted by Gasteiger charge is -2.31. The second-order valence-corrected chi connectivity index (χ2v) is 5.69. The topological polar surface area (TPSA) is 64.6 Å². The number of amides is 1. The van der Waals surface area contributed by atoms with E-state index >= 15 is 0 Å². The highest BCUT2D eigenvalue weighted by molar-refractivity contribution is 5.97. The van der Waals surface area contributed by atoms with Gasteiger partial charge in [-0.15, -0.1) is 0 Å². The fraction of sp³-hybridized carbons (Fsp3) is 0.467. The Labute approximate surface area is 155 Å². The van der Waals surface area contributed by atoms with Crippen LogP contribution in [0.2, 0.25) is 0 Å². The number of benzene rings is 1. The summed E-state index contributed by atoms with van der Waals surface area (Å²) in [5, 5.41) is 1.19. The molecule has 0 aliphatic carbocycles. The number of alkyl halides is 9. The van der Waals surface area contributed by atoms with Crippen molar-refractivity contribution in [2.24, 2.45) is 0 Å². The molecule has 0 bridgehead atoms. The molecule has 1 aromatic rings. The molecule has 14 heteroatoms. The van der Waals surface area contributed by atoms with Gasteiger partial charge in [-0.1, -0.05) is 0 Å². The van der Waals surface area contributed by atoms with Crippen LogP contribution in [0.3, 0.4) is 0 Å². The van der Waals surface area contributed by atoms with E-state index < -0.39 is 47.3 Å². The Bertz CT molecular complexity index is 813. The quantitative estimate of drug-likeness (QED) is 0.557. The Hall–Kier alpha value is -2.51. The van der Waals surface area contributed by atoms with Gasteiger partial charge in [0.25, 0.3) is 0 Å². The van der Waals surface area contributed by atoms with E-state index in [0.717, 1.165) is 24.3 Å². The maximum absolute atomic E-state index is 14.1. The average molecular weight is 439 g/mol. The number of carbonyl (C=O) groups excluding carboxylic acids is 2. The molecule has 2 rings (SSSR count). The standard InChI is InChI=1S/C15H10F9NO4/c1-2-28-9(26)7-3-5-8(6-4-7)25-10(27)11(16,17)14(22)12(18,19)13(20,21)15(23,24)29-14/h3-6H,2H2,1H3,(H,25,27). The normalized spacial score (nSPS) is 24.8. The molecule has 1 atom stereocenters. The van der Waals surface area contributed by atoms with Crippen molar-refractivity contribution in [3.63, 3.8) is 0 Å². The van der Waals surface area contributed by atoms with Gasteiger partial charge in [0.05, 0.1) is 12.2 Å². The molecule has 1 saturated heterocycles. The van der Waals surface area contributed by atoms with E-state index in [0.29, 0.717) is 0 Å². The van der Waals surface area contributed by atoms with Gasteiger partial charge in [-0.3, -0.25) is 9.53 Å². The zero-order valence-electron chi connectivity index (χ0n) is 14.1. The second-order valence-electron chi connectivity index (χ2n) is 5.69. The van der Waals surface area contributed by atoms with Crippen molar-refractivity contribution in [1.29, 1.82) is 0 Å². The van der Waals surface area contributed by atoms with Crippen molar-refractivity contribution in [2.45, 2.75) is 36.7 Å². The van der Waals surface area contributed by atoms with Crippen molar-refractivity contribution < 1.29 is 58.6 Å². The molecule has 1 heterocycles. The molecule has 1 aliphatic heterocycles. The zero-order chi connectivity index (χ0) is 22.5. The van der Waals surface area contributed by atoms with E-state index in [4.69, 9.17) is 0 Å². The summed E-state index contributed by atoms with van der Waals surface area (Å²) in [6, 6.07) is 3.42. The van der Waals surface area contributed by atoms with Gasteiger partial charge < -0.3 is 10.1 Å². The summed E-state index contributed by atoms with van der Waals surface area (Å²) >= 11 is 0. The predicted octanol–water partition coefficient (Wildman–Crippen LogP) is 4.00. The Morgan fingerprint density at radius 1 is 1.00 bits per heavy atom. The molecule has 1 fully saturated rings. The lowest BCUT2D eigenvalue weighted by atomic mass is 9.99. The number of ether oxygens (including phenoxy) is 2. The van der Waals surface area contributed by atoms with Gasteiger partial charge in [-0.05, 0) is 31.2 Å². The average Bonchev–Trinajstić information content (AvgIpc) is 2.70. The van der Waals surface area contributed by atoms with Crippen LogP contribution in [-0.2, 0) is 14.3 Å². The SMILES string of the molecule is CCOC(=O)c1ccc(NC(=O)C(F)(F)C2(F)OC(F)(F)C(F)(F)C2(F)F)cc1. The summed E-state index contributed by atoms with van der Waals surface area (Å²) < 4.78 is 128. The maximum Gasteiger partial charge on any atom is 0.428 e. The third-order valence-corrected chi connectivity index (χ3v) is 3.78. The van der Waals surface area contributed by atoms with Gasteiger partial charge >= 0.3 is 41.6 Å². The molecule has 162 valence electrons. The highest BCUT2D eigenvalue weighted by atomic mass is 19.4. The lowest BCUT2D eigenvalue weighted by molar-refractivity contribution is -0.366. The molecule has 29 heavy (non-hydrogen) atoms. The van der Waals surface area contributed by atoms with Crippen LogP contribution < -0.4 is 5.32 Å². The third-order valence-electron chi connectivity index (χ3n) is 3.78. The Kier molecular flexibility index (Phi) is 5.32. The van der Waals surface area contributed by atoms with Gasteiger partial charge in [0.1, 0.15) is 0 Å². The van der Waals surface area contributed by atoms with Crippen LogP contribution in [-0.4, -0.2) is 48.2 Å². The molecule has 0 aromatic heterocycles. The number of esters is 1. The number of carbonyl (C=O) groups is 2. The molecule has 1 amide bonds. The molecular formula is C15H10F9NO4. The second kappa shape index (κ2) is 6.78. The minimum absolute atomic E-state index is 0.00833. The van der Waals surface area contributed by atoms with E-state index in [-0.39, 0.29) is 12.2 Å². The molecule has 1 unspecified atom stereocenters. The lowest BCUT2D eigenvalue weighted by Crippen LogP contribution is -2.63. The number of hydrogen-bond acceptors (Lipinski definition) is 4. The van der Waals surface area contributed by atoms with Crippen LogP contribution in [0.5, 0.6) is 0 Å². The van der Waals surface area contributed by atoms with E-state index in [2.05, 4.69) is 9.47 Å². The molecular weight excluding hydrogens is 429 g/mol. The predicted molar refractivity (Wildman–Crippen MR) is 75.7 cm³/mol. The molecule has 0 radical (unpaired) electrons. The largest absolute Gasteiger partial charge is 0.462 e. The minimum atomic E-state index is -6.77. The molecule has 1 N–H and O–H groups in total. The maximum atomic E-state index is 14.1. The van der Waals surface area contributed by atoms with E-state index in [1.165, 1.54) is 12.2 Å². The van der Waals surface area contributed by atoms with Crippen LogP contribution in [0, 0.1) is 0 Å². The third kappa shape index (κ3) is 3.18. The van der Waals surface area contributed by atoms with Crippen molar-refractivity contribution in [3.8, 4) is 0 Å². The van der Waals surface area contributed by atoms with Crippen molar-refractivity contribution in [3.05, 3.63) is 29.8 Å². The van der Waals surface area contributed by atoms with Gasteiger partial charge in [-0.25, -0.2) is 4.79 Å². The van der Waals surface area contributed by atoms with E-state index in [1.54, 1.807) is 0 Å². The Morgan fingerprint density at radius 2 is 1.52 bits per heavy atom. The molecule has 0 spiro atoms. The fourth-order valence-corrected chi connectivity index (χ4v) is 2.21. The number of rotatable bonds is 5. The van der Waals surface area contributed by atoms with Crippen molar-refractivity contribution >= 4 is 17.6 Å². The number of hydrogen-bond donors (Lipinski definition) is 1. The number of anilines is 1. The van der Waals surface area contributed by atoms with E-state index in [1.807, 2.05) is 0 Å². The van der Waals surface area contributed by atoms with Crippen LogP contribution in [0.25, 0.3) is 0 Å². The Morgan fingerprint density at radius 3 is 1.93 bits per heavy atom. The summed E-state index contributed by atoms with van der Waals surface area (Å²) in [5.41, 5.74) is -0.755. The summed E-state index contributed by atoms with van der Waals surface area (Å²) in [6.45, 7) is 1.47. The van der Waals surface area contributed by atoms with Crippen LogP contribution in [0.1, 0.15) is 17.3 Å². The number of halogens is 9. The fourth-order valence-electron chi connectivity index (χ4n) is 2.21. The van der Waals surface area contributed by atoms with Crippen LogP contribution in [0.4, 0.5) is 45.2 Å². The first-order chi connectivity index (χ1) is 13.0. The molecule has 0 saturated carbocycles. The first kappa shape index (κ1) is 22.8. The minimum Gasteiger partial charge on any atom is -0.462 e. The summed E-state index contributed by atoms with van der Waals surface area (Å²) in [7, 11) is 0. The molecule has 1 aliphatic rings. The van der Waals surface area contributed by atoms with Gasteiger partial charge in [0.15, 0.2) is 0 Å². The van der Waals surface area contributed by atoms with Crippen LogP contribution >= 0.6 is 0 Å². The first-order valence-corrected chi connectivity index (χ1v) is 7.54. The van der Waals surface area contributed by atoms with Crippen molar-refractivity contribution in [1.82, 2.24) is 0 Å². The Balaban J connectivity index is 2.29. The summed E-state index contributed by atoms with van der Waals surface area (Å²) in [4.78, 5) is 23.0. The van der Waals surface area contributed by atoms with Gasteiger partial charge in [-0.2, -0.15) is 39.5 Å². The summed E-state index contributed by atoms with van der Waals surface area (Å²) in [5.74, 6) is -29.8. The first-order valence-electron chi connectivity index (χ1n) is 7.54. The van der Waals surface area contributed by atoms with E-state index in [9.17, 15) is 49.1 Å². The van der Waals surface area contributed by atoms with Gasteiger partial charge in [0.2, 0.25) is 0 Å². The highest BCUT2D eigenvalue weighted by Crippen LogP contribution is 2.64. The molecule has 1 aromatic carbocycles. The molecule has 5 nitrogen and oxygen atoms in total. The van der Waals surface area contributed by atoms with Crippen LogP contribution in [0.15, 0.2) is 24.3 Å². The van der Waals surface area contributed by atoms with Gasteiger partial charge in [0, 0.05) is 5.69 Å².